The number of ether oxygens (including phenoxy) is 1. The zero-order valence-corrected chi connectivity index (χ0v) is 24.4. The Morgan fingerprint density at radius 3 is 2.54 bits per heavy atom. The van der Waals surface area contributed by atoms with E-state index in [1.54, 1.807) is 52.0 Å². The lowest BCUT2D eigenvalue weighted by atomic mass is 9.73. The molecule has 3 amide bonds. The average molecular weight is 563 g/mol. The molecule has 1 aliphatic carbocycles. The fourth-order valence-electron chi connectivity index (χ4n) is 6.47. The van der Waals surface area contributed by atoms with Gasteiger partial charge in [0.25, 0.3) is 0 Å². The highest BCUT2D eigenvalue weighted by molar-refractivity contribution is 5.89. The number of rotatable bonds is 5. The molecule has 1 spiro atoms. The van der Waals surface area contributed by atoms with Crippen LogP contribution in [-0.2, 0) is 26.2 Å². The molecule has 8 nitrogen and oxygen atoms in total. The second kappa shape index (κ2) is 10.8. The Balaban J connectivity index is 1.36. The van der Waals surface area contributed by atoms with Gasteiger partial charge in [0.2, 0.25) is 11.8 Å². The molecule has 1 unspecified atom stereocenters. The molecule has 2 heterocycles. The van der Waals surface area contributed by atoms with Crippen molar-refractivity contribution in [2.75, 3.05) is 27.2 Å². The summed E-state index contributed by atoms with van der Waals surface area (Å²) in [6.45, 7) is 6.35. The third-order valence-electron chi connectivity index (χ3n) is 8.42. The Kier molecular flexibility index (Phi) is 7.57. The first-order valence-corrected chi connectivity index (χ1v) is 14.2. The molecule has 1 aromatic heterocycles. The summed E-state index contributed by atoms with van der Waals surface area (Å²) in [5.74, 6) is -0.616. The number of amides is 3. The number of likely N-dealkylation sites (tertiary alicyclic amines) is 1. The summed E-state index contributed by atoms with van der Waals surface area (Å²) in [6.07, 6.45) is 3.52. The highest BCUT2D eigenvalue weighted by Crippen LogP contribution is 2.52. The van der Waals surface area contributed by atoms with E-state index in [0.717, 1.165) is 35.8 Å². The van der Waals surface area contributed by atoms with Gasteiger partial charge in [-0.1, -0.05) is 24.3 Å². The van der Waals surface area contributed by atoms with Crippen LogP contribution in [0, 0.1) is 5.82 Å². The van der Waals surface area contributed by atoms with Crippen molar-refractivity contribution in [1.29, 1.82) is 0 Å². The summed E-state index contributed by atoms with van der Waals surface area (Å²) in [6, 6.07) is 11.8. The van der Waals surface area contributed by atoms with Crippen molar-refractivity contribution in [3.8, 4) is 0 Å². The van der Waals surface area contributed by atoms with Crippen molar-refractivity contribution in [2.24, 2.45) is 0 Å². The number of benzene rings is 2. The number of halogens is 1. The van der Waals surface area contributed by atoms with Crippen LogP contribution in [0.5, 0.6) is 0 Å². The third-order valence-corrected chi connectivity index (χ3v) is 8.42. The van der Waals surface area contributed by atoms with E-state index < -0.39 is 17.7 Å². The zero-order valence-electron chi connectivity index (χ0n) is 24.4. The maximum absolute atomic E-state index is 14.0. The number of carbonyl (C=O) groups is 3. The number of nitrogens with one attached hydrogen (secondary N) is 2. The van der Waals surface area contributed by atoms with Gasteiger partial charge in [-0.2, -0.15) is 0 Å². The first-order chi connectivity index (χ1) is 19.4. The normalized spacial score (nSPS) is 18.7. The van der Waals surface area contributed by atoms with Crippen LogP contribution in [0.25, 0.3) is 10.9 Å². The number of hydrogen-bond donors (Lipinski definition) is 2. The molecule has 2 aliphatic rings. The number of fused-ring (bicyclic) bond motifs is 3. The molecule has 3 aromatic rings. The number of H-pyrrole nitrogens is 1. The van der Waals surface area contributed by atoms with Crippen molar-refractivity contribution in [3.05, 3.63) is 71.2 Å². The monoisotopic (exact) mass is 562 g/mol. The van der Waals surface area contributed by atoms with E-state index in [9.17, 15) is 18.8 Å². The molecule has 1 aliphatic heterocycles. The van der Waals surface area contributed by atoms with E-state index in [1.165, 1.54) is 17.7 Å². The summed E-state index contributed by atoms with van der Waals surface area (Å²) < 4.78 is 19.2. The first-order valence-electron chi connectivity index (χ1n) is 14.2. The lowest BCUT2D eigenvalue weighted by Crippen LogP contribution is -2.54. The standard InChI is InChI=1S/C32H39FN4O4/c1-31(2,3)41-30(40)35-27(16-20-19-34-26-17-21(33)10-11-22(20)26)29(39)37-14-12-32(13-15-37)18-24(28(38)36(4)5)23-8-6-7-9-25(23)32/h6-11,17,19,24,27,34H,12-16,18H2,1-5H3,(H,35,40)/t24-,27?/m1/s1. The average Bonchev–Trinajstić information content (AvgIpc) is 3.45. The second-order valence-corrected chi connectivity index (χ2v) is 12.6. The van der Waals surface area contributed by atoms with Gasteiger partial charge in [0, 0.05) is 56.1 Å². The Morgan fingerprint density at radius 1 is 1.15 bits per heavy atom. The molecule has 41 heavy (non-hydrogen) atoms. The quantitative estimate of drug-likeness (QED) is 0.464. The van der Waals surface area contributed by atoms with E-state index >= 15 is 0 Å². The summed E-state index contributed by atoms with van der Waals surface area (Å²) in [5.41, 5.74) is 2.85. The number of alkyl carbamates (subject to hydrolysis) is 1. The topological polar surface area (TPSA) is 94.7 Å². The number of piperidine rings is 1. The molecule has 5 rings (SSSR count). The van der Waals surface area contributed by atoms with Crippen LogP contribution in [-0.4, -0.2) is 71.5 Å². The van der Waals surface area contributed by atoms with E-state index in [2.05, 4.69) is 22.4 Å². The molecule has 9 heteroatoms. The lowest BCUT2D eigenvalue weighted by molar-refractivity contribution is -0.135. The number of aromatic amines is 1. The van der Waals surface area contributed by atoms with Crippen molar-refractivity contribution in [2.45, 2.75) is 69.4 Å². The van der Waals surface area contributed by atoms with Gasteiger partial charge >= 0.3 is 6.09 Å². The molecule has 0 bridgehead atoms. The molecule has 218 valence electrons. The number of nitrogens with zero attached hydrogens (tertiary/aromatic N) is 2. The summed E-state index contributed by atoms with van der Waals surface area (Å²) >= 11 is 0. The summed E-state index contributed by atoms with van der Waals surface area (Å²) in [7, 11) is 3.58. The molecule has 0 radical (unpaired) electrons. The van der Waals surface area contributed by atoms with Gasteiger partial charge in [-0.15, -0.1) is 0 Å². The Labute approximate surface area is 240 Å². The van der Waals surface area contributed by atoms with E-state index in [1.807, 2.05) is 17.0 Å². The first kappa shape index (κ1) is 28.6. The van der Waals surface area contributed by atoms with Gasteiger partial charge in [0.15, 0.2) is 0 Å². The minimum atomic E-state index is -0.859. The lowest BCUT2D eigenvalue weighted by Gasteiger charge is -2.41. The molecular formula is C32H39FN4O4. The minimum Gasteiger partial charge on any atom is -0.444 e. The number of hydrogen-bond acceptors (Lipinski definition) is 4. The van der Waals surface area contributed by atoms with Crippen LogP contribution in [0.1, 0.15) is 62.6 Å². The predicted molar refractivity (Wildman–Crippen MR) is 155 cm³/mol. The highest BCUT2D eigenvalue weighted by Gasteiger charge is 2.48. The van der Waals surface area contributed by atoms with Gasteiger partial charge in [0.05, 0.1) is 5.92 Å². The minimum absolute atomic E-state index is 0.105. The van der Waals surface area contributed by atoms with Crippen LogP contribution in [0.15, 0.2) is 48.7 Å². The number of likely N-dealkylation sites (N-methyl/N-ethyl adjacent to an activating group) is 1. The zero-order chi connectivity index (χ0) is 29.5. The SMILES string of the molecule is CN(C)C(=O)[C@@H]1CC2(CCN(C(=O)C(Cc3c[nH]c4cc(F)ccc34)NC(=O)OC(C)(C)C)CC2)c2ccccc21. The van der Waals surface area contributed by atoms with Crippen LogP contribution in [0.2, 0.25) is 0 Å². The molecule has 2 N–H and O–H groups in total. The van der Waals surface area contributed by atoms with Crippen LogP contribution in [0.3, 0.4) is 0 Å². The molecule has 2 atom stereocenters. The largest absolute Gasteiger partial charge is 0.444 e. The smallest absolute Gasteiger partial charge is 0.408 e. The fraction of sp³-hybridized carbons (Fsp3) is 0.469. The van der Waals surface area contributed by atoms with Crippen molar-refractivity contribution in [3.63, 3.8) is 0 Å². The molecular weight excluding hydrogens is 523 g/mol. The van der Waals surface area contributed by atoms with Gasteiger partial charge in [0.1, 0.15) is 17.5 Å². The Hall–Kier alpha value is -3.88. The fourth-order valence-corrected chi connectivity index (χ4v) is 6.47. The van der Waals surface area contributed by atoms with Crippen LogP contribution in [0.4, 0.5) is 9.18 Å². The van der Waals surface area contributed by atoms with Gasteiger partial charge < -0.3 is 24.8 Å². The van der Waals surface area contributed by atoms with E-state index in [0.29, 0.717) is 18.6 Å². The summed E-state index contributed by atoms with van der Waals surface area (Å²) in [5, 5.41) is 3.60. The second-order valence-electron chi connectivity index (χ2n) is 12.6. The van der Waals surface area contributed by atoms with Gasteiger partial charge in [-0.05, 0) is 74.9 Å². The molecule has 0 saturated carbocycles. The van der Waals surface area contributed by atoms with Crippen molar-refractivity contribution >= 4 is 28.8 Å². The van der Waals surface area contributed by atoms with Crippen molar-refractivity contribution in [1.82, 2.24) is 20.1 Å². The molecule has 2 aromatic carbocycles. The summed E-state index contributed by atoms with van der Waals surface area (Å²) in [4.78, 5) is 46.3. The van der Waals surface area contributed by atoms with E-state index in [-0.39, 0.29) is 35.4 Å². The number of carbonyl (C=O) groups excluding carboxylic acids is 3. The van der Waals surface area contributed by atoms with Crippen molar-refractivity contribution < 1.29 is 23.5 Å². The Bertz CT molecular complexity index is 1470. The van der Waals surface area contributed by atoms with Crippen LogP contribution >= 0.6 is 0 Å². The maximum atomic E-state index is 14.0. The van der Waals surface area contributed by atoms with Crippen LogP contribution < -0.4 is 5.32 Å². The predicted octanol–water partition coefficient (Wildman–Crippen LogP) is 4.88. The van der Waals surface area contributed by atoms with Gasteiger partial charge in [-0.25, -0.2) is 9.18 Å². The Morgan fingerprint density at radius 2 is 1.85 bits per heavy atom. The van der Waals surface area contributed by atoms with Gasteiger partial charge in [-0.3, -0.25) is 9.59 Å². The maximum Gasteiger partial charge on any atom is 0.408 e. The molecule has 1 fully saturated rings. The third kappa shape index (κ3) is 5.80. The number of aromatic nitrogens is 1. The van der Waals surface area contributed by atoms with E-state index in [4.69, 9.17) is 4.74 Å². The molecule has 1 saturated heterocycles. The highest BCUT2D eigenvalue weighted by atomic mass is 19.1.